The third-order valence-electron chi connectivity index (χ3n) is 3.44. The Labute approximate surface area is 143 Å². The van der Waals surface area contributed by atoms with Gasteiger partial charge >= 0.3 is 5.97 Å². The molecule has 7 heteroatoms. The molecule has 0 aromatic heterocycles. The van der Waals surface area contributed by atoms with Crippen molar-refractivity contribution in [2.24, 2.45) is 5.41 Å². The van der Waals surface area contributed by atoms with Gasteiger partial charge in [-0.25, -0.2) is 0 Å². The van der Waals surface area contributed by atoms with Gasteiger partial charge in [-0.05, 0) is 53.7 Å². The van der Waals surface area contributed by atoms with E-state index in [-0.39, 0.29) is 4.90 Å². The number of Topliss-reactive ketones (excluding diaryl/α,β-unsaturated/α-hetero) is 1. The summed E-state index contributed by atoms with van der Waals surface area (Å²) in [6, 6.07) is 6.08. The zero-order chi connectivity index (χ0) is 18.8. The fourth-order valence-corrected chi connectivity index (χ4v) is 2.66. The Hall–Kier alpha value is -1.73. The molecule has 0 saturated carbocycles. The largest absolute Gasteiger partial charge is 0.459 e. The van der Waals surface area contributed by atoms with Gasteiger partial charge in [-0.1, -0.05) is 17.7 Å². The Morgan fingerprint density at radius 1 is 1.04 bits per heavy atom. The predicted molar refractivity (Wildman–Crippen MR) is 88.9 cm³/mol. The molecule has 0 amide bonds. The molecule has 0 saturated heterocycles. The Balaban J connectivity index is 2.99. The van der Waals surface area contributed by atoms with Crippen molar-refractivity contribution in [3.63, 3.8) is 0 Å². The molecule has 1 atom stereocenters. The minimum atomic E-state index is -4.08. The number of carbonyl (C=O) groups excluding carboxylic acids is 2. The third-order valence-corrected chi connectivity index (χ3v) is 4.72. The van der Waals surface area contributed by atoms with Crippen molar-refractivity contribution in [1.82, 2.24) is 0 Å². The quantitative estimate of drug-likeness (QED) is 0.442. The smallest absolute Gasteiger partial charge is 0.322 e. The molecule has 24 heavy (non-hydrogen) atoms. The number of carbonyl (C=O) groups is 2. The van der Waals surface area contributed by atoms with E-state index >= 15 is 0 Å². The van der Waals surface area contributed by atoms with Gasteiger partial charge in [0, 0.05) is 0 Å². The van der Waals surface area contributed by atoms with Crippen LogP contribution in [-0.4, -0.2) is 32.4 Å². The molecule has 0 aliphatic heterocycles. The lowest BCUT2D eigenvalue weighted by molar-refractivity contribution is -0.170. The monoisotopic (exact) mass is 356 g/mol. The molecular weight excluding hydrogens is 332 g/mol. The second-order valence-corrected chi connectivity index (χ2v) is 8.53. The first-order valence-electron chi connectivity index (χ1n) is 7.48. The first kappa shape index (κ1) is 20.3. The molecular formula is C17H24O6S. The number of hydrogen-bond donors (Lipinski definition) is 0. The second-order valence-electron chi connectivity index (χ2n) is 6.92. The normalized spacial score (nSPS) is 14.8. The molecule has 0 bridgehead atoms. The fourth-order valence-electron chi connectivity index (χ4n) is 1.66. The van der Waals surface area contributed by atoms with E-state index in [1.165, 1.54) is 26.0 Å². The number of benzene rings is 1. The lowest BCUT2D eigenvalue weighted by atomic mass is 9.87. The summed E-state index contributed by atoms with van der Waals surface area (Å²) in [6.45, 7) is 8.71. The van der Waals surface area contributed by atoms with Gasteiger partial charge in [-0.3, -0.25) is 13.8 Å². The molecule has 134 valence electrons. The average molecular weight is 356 g/mol. The Morgan fingerprint density at radius 2 is 1.54 bits per heavy atom. The van der Waals surface area contributed by atoms with Crippen LogP contribution in [0.25, 0.3) is 0 Å². The van der Waals surface area contributed by atoms with Crippen LogP contribution in [0.5, 0.6) is 0 Å². The molecule has 0 radical (unpaired) electrons. The van der Waals surface area contributed by atoms with Gasteiger partial charge in [0.05, 0.1) is 11.5 Å². The standard InChI is InChI=1S/C17H24O6S/c1-12-7-9-14(10-8-12)24(20,21)22-11-17(6,13(2)18)15(19)23-16(3,4)5/h7-10H,11H2,1-6H3. The maximum absolute atomic E-state index is 12.3. The van der Waals surface area contributed by atoms with Gasteiger partial charge in [-0.2, -0.15) is 8.42 Å². The Morgan fingerprint density at radius 3 is 1.96 bits per heavy atom. The zero-order valence-corrected chi connectivity index (χ0v) is 15.7. The molecule has 0 heterocycles. The van der Waals surface area contributed by atoms with Crippen LogP contribution < -0.4 is 0 Å². The topological polar surface area (TPSA) is 86.7 Å². The summed E-state index contributed by atoms with van der Waals surface area (Å²) in [5.74, 6) is -1.35. The van der Waals surface area contributed by atoms with Crippen LogP contribution in [0.3, 0.4) is 0 Å². The van der Waals surface area contributed by atoms with Crippen molar-refractivity contribution in [3.05, 3.63) is 29.8 Å². The minimum Gasteiger partial charge on any atom is -0.459 e. The Kier molecular flexibility index (Phi) is 5.95. The van der Waals surface area contributed by atoms with E-state index < -0.39 is 39.5 Å². The summed E-state index contributed by atoms with van der Waals surface area (Å²) < 4.78 is 34.7. The van der Waals surface area contributed by atoms with Gasteiger partial charge in [0.2, 0.25) is 0 Å². The highest BCUT2D eigenvalue weighted by molar-refractivity contribution is 7.86. The van der Waals surface area contributed by atoms with Crippen LogP contribution in [0.2, 0.25) is 0 Å². The molecule has 1 unspecified atom stereocenters. The predicted octanol–water partition coefficient (Wildman–Crippen LogP) is 2.64. The lowest BCUT2D eigenvalue weighted by Gasteiger charge is -2.29. The van der Waals surface area contributed by atoms with Crippen LogP contribution in [0, 0.1) is 12.3 Å². The third kappa shape index (κ3) is 5.14. The molecule has 0 aliphatic carbocycles. The van der Waals surface area contributed by atoms with Gasteiger partial charge in [0.1, 0.15) is 16.8 Å². The first-order chi connectivity index (χ1) is 10.8. The van der Waals surface area contributed by atoms with Crippen molar-refractivity contribution in [3.8, 4) is 0 Å². The number of ketones is 1. The number of hydrogen-bond acceptors (Lipinski definition) is 6. The molecule has 1 aromatic rings. The van der Waals surface area contributed by atoms with Crippen molar-refractivity contribution in [2.45, 2.75) is 52.0 Å². The van der Waals surface area contributed by atoms with Gasteiger partial charge < -0.3 is 4.74 Å². The number of esters is 1. The summed E-state index contributed by atoms with van der Waals surface area (Å²) in [5, 5.41) is 0. The SMILES string of the molecule is CC(=O)C(C)(COS(=O)(=O)c1ccc(C)cc1)C(=O)OC(C)(C)C. The van der Waals surface area contributed by atoms with E-state index in [1.807, 2.05) is 6.92 Å². The molecule has 0 N–H and O–H groups in total. The van der Waals surface area contributed by atoms with Crippen molar-refractivity contribution in [1.29, 1.82) is 0 Å². The van der Waals surface area contributed by atoms with E-state index in [1.54, 1.807) is 32.9 Å². The van der Waals surface area contributed by atoms with Crippen LogP contribution in [0.15, 0.2) is 29.2 Å². The number of aryl methyl sites for hydroxylation is 1. The van der Waals surface area contributed by atoms with Crippen LogP contribution in [-0.2, 0) is 28.6 Å². The maximum Gasteiger partial charge on any atom is 0.322 e. The highest BCUT2D eigenvalue weighted by atomic mass is 32.2. The van der Waals surface area contributed by atoms with E-state index in [4.69, 9.17) is 8.92 Å². The molecule has 1 rings (SSSR count). The summed E-state index contributed by atoms with van der Waals surface area (Å²) in [7, 11) is -4.08. The highest BCUT2D eigenvalue weighted by Gasteiger charge is 2.43. The molecule has 0 spiro atoms. The van der Waals surface area contributed by atoms with Crippen LogP contribution in [0.1, 0.15) is 40.2 Å². The molecule has 1 aromatic carbocycles. The van der Waals surface area contributed by atoms with E-state index in [2.05, 4.69) is 0 Å². The lowest BCUT2D eigenvalue weighted by Crippen LogP contribution is -2.44. The van der Waals surface area contributed by atoms with E-state index in [9.17, 15) is 18.0 Å². The van der Waals surface area contributed by atoms with E-state index in [0.717, 1.165) is 5.56 Å². The molecule has 0 fully saturated rings. The summed E-state index contributed by atoms with van der Waals surface area (Å²) in [6.07, 6.45) is 0. The summed E-state index contributed by atoms with van der Waals surface area (Å²) >= 11 is 0. The van der Waals surface area contributed by atoms with E-state index in [0.29, 0.717) is 0 Å². The van der Waals surface area contributed by atoms with Gasteiger partial charge in [0.15, 0.2) is 0 Å². The summed E-state index contributed by atoms with van der Waals surface area (Å²) in [4.78, 5) is 24.2. The van der Waals surface area contributed by atoms with Gasteiger partial charge in [0.25, 0.3) is 10.1 Å². The van der Waals surface area contributed by atoms with Crippen molar-refractivity contribution >= 4 is 21.9 Å². The highest BCUT2D eigenvalue weighted by Crippen LogP contribution is 2.26. The van der Waals surface area contributed by atoms with Crippen LogP contribution in [0.4, 0.5) is 0 Å². The maximum atomic E-state index is 12.3. The van der Waals surface area contributed by atoms with Gasteiger partial charge in [-0.15, -0.1) is 0 Å². The van der Waals surface area contributed by atoms with Crippen LogP contribution >= 0.6 is 0 Å². The second kappa shape index (κ2) is 7.03. The average Bonchev–Trinajstić information content (AvgIpc) is 2.43. The number of rotatable bonds is 6. The van der Waals surface area contributed by atoms with Crippen molar-refractivity contribution in [2.75, 3.05) is 6.61 Å². The zero-order valence-electron chi connectivity index (χ0n) is 14.9. The summed E-state index contributed by atoms with van der Waals surface area (Å²) in [5.41, 5.74) is -1.61. The molecule has 0 aliphatic rings. The Bertz CT molecular complexity index is 712. The van der Waals surface area contributed by atoms with Crippen molar-refractivity contribution < 1.29 is 26.9 Å². The molecule has 6 nitrogen and oxygen atoms in total. The fraction of sp³-hybridized carbons (Fsp3) is 0.529. The first-order valence-corrected chi connectivity index (χ1v) is 8.89. The minimum absolute atomic E-state index is 0.0387. The number of ether oxygens (including phenoxy) is 1.